The molecule has 0 spiro atoms. The number of alkyl halides is 1. The quantitative estimate of drug-likeness (QED) is 0.736. The van der Waals surface area contributed by atoms with Crippen LogP contribution in [0.5, 0.6) is 0 Å². The average molecular weight is 272 g/mol. The molecule has 1 aromatic rings. The molecule has 2 atom stereocenters. The minimum atomic E-state index is -0.00338. The van der Waals surface area contributed by atoms with Crippen LogP contribution in [0.2, 0.25) is 0 Å². The van der Waals surface area contributed by atoms with Crippen molar-refractivity contribution in [3.05, 3.63) is 24.2 Å². The summed E-state index contributed by atoms with van der Waals surface area (Å²) in [6, 6.07) is 3.45. The van der Waals surface area contributed by atoms with Crippen LogP contribution in [0.1, 0.15) is 23.9 Å². The highest BCUT2D eigenvalue weighted by Crippen LogP contribution is 2.24. The van der Waals surface area contributed by atoms with Gasteiger partial charge in [0.1, 0.15) is 0 Å². The molecule has 1 amide bonds. The van der Waals surface area contributed by atoms with Gasteiger partial charge in [-0.1, -0.05) is 22.9 Å². The number of carbonyl (C=O) groups is 1. The van der Waals surface area contributed by atoms with Gasteiger partial charge >= 0.3 is 0 Å². The molecular formula is C11H14BrNO2. The van der Waals surface area contributed by atoms with Crippen LogP contribution in [0, 0.1) is 5.92 Å². The second kappa shape index (κ2) is 4.39. The van der Waals surface area contributed by atoms with Gasteiger partial charge in [-0.25, -0.2) is 0 Å². The van der Waals surface area contributed by atoms with Gasteiger partial charge in [0.05, 0.1) is 6.26 Å². The summed E-state index contributed by atoms with van der Waals surface area (Å²) in [5.74, 6) is 1.06. The van der Waals surface area contributed by atoms with Crippen LogP contribution in [0.25, 0.3) is 0 Å². The number of hydrogen-bond acceptors (Lipinski definition) is 2. The molecule has 1 aromatic heterocycles. The molecule has 2 unspecified atom stereocenters. The van der Waals surface area contributed by atoms with Crippen molar-refractivity contribution in [1.29, 1.82) is 0 Å². The molecule has 1 aliphatic rings. The fraction of sp³-hybridized carbons (Fsp3) is 0.545. The number of piperidine rings is 1. The van der Waals surface area contributed by atoms with Gasteiger partial charge in [-0.05, 0) is 24.5 Å². The third-order valence-electron chi connectivity index (χ3n) is 2.89. The van der Waals surface area contributed by atoms with E-state index in [1.54, 1.807) is 12.1 Å². The summed E-state index contributed by atoms with van der Waals surface area (Å²) in [6.07, 6.45) is 2.58. The molecule has 0 aromatic carbocycles. The molecule has 0 N–H and O–H groups in total. The van der Waals surface area contributed by atoms with E-state index >= 15 is 0 Å². The first-order valence-electron chi connectivity index (χ1n) is 5.15. The third-order valence-corrected chi connectivity index (χ3v) is 4.08. The molecule has 2 rings (SSSR count). The number of hydrogen-bond donors (Lipinski definition) is 0. The molecule has 1 aliphatic heterocycles. The first-order valence-corrected chi connectivity index (χ1v) is 6.07. The summed E-state index contributed by atoms with van der Waals surface area (Å²) >= 11 is 3.60. The Balaban J connectivity index is 2.03. The number of amides is 1. The zero-order valence-corrected chi connectivity index (χ0v) is 10.2. The van der Waals surface area contributed by atoms with Gasteiger partial charge in [-0.3, -0.25) is 4.79 Å². The van der Waals surface area contributed by atoms with E-state index in [2.05, 4.69) is 22.9 Å². The maximum absolute atomic E-state index is 11.9. The Kier molecular flexibility index (Phi) is 3.14. The zero-order valence-electron chi connectivity index (χ0n) is 8.65. The largest absolute Gasteiger partial charge is 0.459 e. The zero-order chi connectivity index (χ0) is 10.8. The summed E-state index contributed by atoms with van der Waals surface area (Å²) < 4.78 is 5.10. The molecule has 82 valence electrons. The molecule has 15 heavy (non-hydrogen) atoms. The van der Waals surface area contributed by atoms with Crippen LogP contribution < -0.4 is 0 Å². The Bertz CT molecular complexity index is 336. The molecule has 0 aliphatic carbocycles. The predicted octanol–water partition coefficient (Wildman–Crippen LogP) is 2.53. The van der Waals surface area contributed by atoms with E-state index in [0.29, 0.717) is 16.5 Å². The highest BCUT2D eigenvalue weighted by molar-refractivity contribution is 9.09. The standard InChI is InChI=1S/C11H14BrNO2/c1-8-4-5-13(7-9(8)12)11(14)10-3-2-6-15-10/h2-3,6,8-9H,4-5,7H2,1H3. The first-order chi connectivity index (χ1) is 7.18. The number of carbonyl (C=O) groups excluding carboxylic acids is 1. The maximum atomic E-state index is 11.9. The van der Waals surface area contributed by atoms with E-state index in [-0.39, 0.29) is 5.91 Å². The number of rotatable bonds is 1. The summed E-state index contributed by atoms with van der Waals surface area (Å²) in [6.45, 7) is 3.79. The molecule has 1 saturated heterocycles. The van der Waals surface area contributed by atoms with Crippen molar-refractivity contribution >= 4 is 21.8 Å². The summed E-state index contributed by atoms with van der Waals surface area (Å²) in [5, 5.41) is 0. The molecule has 0 radical (unpaired) electrons. The summed E-state index contributed by atoms with van der Waals surface area (Å²) in [4.78, 5) is 14.2. The molecule has 0 saturated carbocycles. The minimum Gasteiger partial charge on any atom is -0.459 e. The van der Waals surface area contributed by atoms with Gasteiger partial charge in [0.2, 0.25) is 0 Å². The van der Waals surface area contributed by atoms with Gasteiger partial charge in [0, 0.05) is 17.9 Å². The summed E-state index contributed by atoms with van der Waals surface area (Å²) in [7, 11) is 0. The lowest BCUT2D eigenvalue weighted by atomic mass is 9.99. The highest BCUT2D eigenvalue weighted by Gasteiger charge is 2.28. The molecule has 2 heterocycles. The van der Waals surface area contributed by atoms with Crippen molar-refractivity contribution in [3.8, 4) is 0 Å². The van der Waals surface area contributed by atoms with Gasteiger partial charge < -0.3 is 9.32 Å². The lowest BCUT2D eigenvalue weighted by Gasteiger charge is -2.33. The Hall–Kier alpha value is -0.770. The third kappa shape index (κ3) is 2.25. The Labute approximate surface area is 97.6 Å². The van der Waals surface area contributed by atoms with E-state index < -0.39 is 0 Å². The normalized spacial score (nSPS) is 26.7. The first kappa shape index (κ1) is 10.7. The number of likely N-dealkylation sites (tertiary alicyclic amines) is 1. The Morgan fingerprint density at radius 1 is 1.67 bits per heavy atom. The second-order valence-electron chi connectivity index (χ2n) is 4.01. The Morgan fingerprint density at radius 2 is 2.47 bits per heavy atom. The summed E-state index contributed by atoms with van der Waals surface area (Å²) in [5.41, 5.74) is 0. The fourth-order valence-electron chi connectivity index (χ4n) is 1.76. The topological polar surface area (TPSA) is 33.5 Å². The van der Waals surface area contributed by atoms with Gasteiger partial charge in [0.25, 0.3) is 5.91 Å². The fourth-order valence-corrected chi connectivity index (χ4v) is 2.38. The molecule has 3 nitrogen and oxygen atoms in total. The molecular weight excluding hydrogens is 258 g/mol. The number of halogens is 1. The van der Waals surface area contributed by atoms with E-state index in [0.717, 1.165) is 19.5 Å². The monoisotopic (exact) mass is 271 g/mol. The number of furan rings is 1. The van der Waals surface area contributed by atoms with Gasteiger partial charge in [-0.15, -0.1) is 0 Å². The second-order valence-corrected chi connectivity index (χ2v) is 5.19. The van der Waals surface area contributed by atoms with Gasteiger partial charge in [0.15, 0.2) is 5.76 Å². The van der Waals surface area contributed by atoms with E-state index in [4.69, 9.17) is 4.42 Å². The van der Waals surface area contributed by atoms with Crippen molar-refractivity contribution in [1.82, 2.24) is 4.90 Å². The molecule has 4 heteroatoms. The van der Waals surface area contributed by atoms with Crippen LogP contribution >= 0.6 is 15.9 Å². The lowest BCUT2D eigenvalue weighted by molar-refractivity contribution is 0.0674. The van der Waals surface area contributed by atoms with Crippen LogP contribution in [0.15, 0.2) is 22.8 Å². The predicted molar refractivity (Wildman–Crippen MR) is 61.1 cm³/mol. The SMILES string of the molecule is CC1CCN(C(=O)c2ccco2)CC1Br. The van der Waals surface area contributed by atoms with Crippen molar-refractivity contribution < 1.29 is 9.21 Å². The lowest BCUT2D eigenvalue weighted by Crippen LogP contribution is -2.43. The highest BCUT2D eigenvalue weighted by atomic mass is 79.9. The van der Waals surface area contributed by atoms with Crippen molar-refractivity contribution in [3.63, 3.8) is 0 Å². The van der Waals surface area contributed by atoms with Crippen LogP contribution in [0.4, 0.5) is 0 Å². The van der Waals surface area contributed by atoms with Crippen molar-refractivity contribution in [2.24, 2.45) is 5.92 Å². The van der Waals surface area contributed by atoms with Crippen LogP contribution in [0.3, 0.4) is 0 Å². The van der Waals surface area contributed by atoms with Crippen molar-refractivity contribution in [2.75, 3.05) is 13.1 Å². The van der Waals surface area contributed by atoms with E-state index in [9.17, 15) is 4.79 Å². The van der Waals surface area contributed by atoms with Gasteiger partial charge in [-0.2, -0.15) is 0 Å². The van der Waals surface area contributed by atoms with E-state index in [1.165, 1.54) is 6.26 Å². The number of nitrogens with zero attached hydrogens (tertiary/aromatic N) is 1. The average Bonchev–Trinajstić information content (AvgIpc) is 2.74. The van der Waals surface area contributed by atoms with Crippen molar-refractivity contribution in [2.45, 2.75) is 18.2 Å². The van der Waals surface area contributed by atoms with E-state index in [1.807, 2.05) is 4.90 Å². The Morgan fingerprint density at radius 3 is 3.07 bits per heavy atom. The maximum Gasteiger partial charge on any atom is 0.289 e. The van der Waals surface area contributed by atoms with Crippen LogP contribution in [-0.2, 0) is 0 Å². The minimum absolute atomic E-state index is 0.00338. The molecule has 0 bridgehead atoms. The molecule has 1 fully saturated rings. The smallest absolute Gasteiger partial charge is 0.289 e. The van der Waals surface area contributed by atoms with Crippen LogP contribution in [-0.4, -0.2) is 28.7 Å².